The number of halogens is 1. The maximum Gasteiger partial charge on any atom is 0.233 e. The van der Waals surface area contributed by atoms with Crippen molar-refractivity contribution in [1.29, 1.82) is 0 Å². The summed E-state index contributed by atoms with van der Waals surface area (Å²) in [6.07, 6.45) is 4.96. The zero-order valence-electron chi connectivity index (χ0n) is 15.8. The van der Waals surface area contributed by atoms with Gasteiger partial charge in [-0.2, -0.15) is 0 Å². The summed E-state index contributed by atoms with van der Waals surface area (Å²) < 4.78 is 14.4. The molecule has 1 aliphatic rings. The van der Waals surface area contributed by atoms with Gasteiger partial charge in [-0.25, -0.2) is 9.07 Å². The Hall–Kier alpha value is -2.09. The largest absolute Gasteiger partial charge is 0.342 e. The number of nitrogens with zero attached hydrogens (tertiary/aromatic N) is 4. The number of rotatable bonds is 6. The lowest BCUT2D eigenvalue weighted by Crippen LogP contribution is -2.40. The molecule has 0 bridgehead atoms. The monoisotopic (exact) mass is 391 g/mol. The van der Waals surface area contributed by atoms with Crippen molar-refractivity contribution in [2.45, 2.75) is 50.2 Å². The summed E-state index contributed by atoms with van der Waals surface area (Å²) in [5.41, 5.74) is 0.898. The van der Waals surface area contributed by atoms with Gasteiger partial charge in [-0.3, -0.25) is 4.79 Å². The predicted octanol–water partition coefficient (Wildman–Crippen LogP) is 2.85. The molecule has 1 amide bonds. The number of amides is 1. The predicted molar refractivity (Wildman–Crippen MR) is 104 cm³/mol. The minimum absolute atomic E-state index is 0.0858. The zero-order chi connectivity index (χ0) is 19.4. The van der Waals surface area contributed by atoms with Crippen LogP contribution in [0.15, 0.2) is 29.4 Å². The van der Waals surface area contributed by atoms with Crippen LogP contribution in [0.5, 0.6) is 0 Å². The van der Waals surface area contributed by atoms with Crippen LogP contribution in [0.4, 0.5) is 4.39 Å². The summed E-state index contributed by atoms with van der Waals surface area (Å²) in [5.74, 6) is 7.50. The van der Waals surface area contributed by atoms with Crippen molar-refractivity contribution in [3.8, 4) is 0 Å². The molecule has 6 nitrogen and oxygen atoms in total. The van der Waals surface area contributed by atoms with Crippen molar-refractivity contribution in [2.75, 3.05) is 18.6 Å². The number of nitrogen functional groups attached to an aromatic ring is 1. The highest BCUT2D eigenvalue weighted by Crippen LogP contribution is 2.27. The molecule has 146 valence electrons. The Bertz CT molecular complexity index is 771. The van der Waals surface area contributed by atoms with Gasteiger partial charge in [-0.1, -0.05) is 30.8 Å². The van der Waals surface area contributed by atoms with Crippen molar-refractivity contribution in [1.82, 2.24) is 19.8 Å². The standard InChI is InChI=1S/C19H26FN5OS/c1-13-3-9-16(10-4-13)24(2)18(26)12-27-19-23-22-17(25(19)21)11-14-5-7-15(20)8-6-14/h5-8,13,16H,3-4,9-12,21H2,1-2H3. The first kappa shape index (κ1) is 19.7. The van der Waals surface area contributed by atoms with Crippen LogP contribution in [0.2, 0.25) is 0 Å². The van der Waals surface area contributed by atoms with E-state index >= 15 is 0 Å². The van der Waals surface area contributed by atoms with Gasteiger partial charge in [0.1, 0.15) is 5.82 Å². The van der Waals surface area contributed by atoms with Gasteiger partial charge in [0.15, 0.2) is 5.82 Å². The van der Waals surface area contributed by atoms with Gasteiger partial charge in [0.25, 0.3) is 0 Å². The summed E-state index contributed by atoms with van der Waals surface area (Å²) >= 11 is 1.30. The van der Waals surface area contributed by atoms with E-state index < -0.39 is 0 Å². The molecule has 27 heavy (non-hydrogen) atoms. The summed E-state index contributed by atoms with van der Waals surface area (Å²) in [7, 11) is 1.89. The van der Waals surface area contributed by atoms with E-state index in [0.717, 1.165) is 24.3 Å². The van der Waals surface area contributed by atoms with Gasteiger partial charge in [-0.05, 0) is 49.3 Å². The van der Waals surface area contributed by atoms with Gasteiger partial charge in [0.2, 0.25) is 11.1 Å². The summed E-state index contributed by atoms with van der Waals surface area (Å²) in [4.78, 5) is 14.4. The first-order valence-corrected chi connectivity index (χ1v) is 10.2. The van der Waals surface area contributed by atoms with Gasteiger partial charge >= 0.3 is 0 Å². The Morgan fingerprint density at radius 1 is 1.26 bits per heavy atom. The lowest BCUT2D eigenvalue weighted by molar-refractivity contribution is -0.129. The molecule has 8 heteroatoms. The van der Waals surface area contributed by atoms with Crippen LogP contribution in [0.3, 0.4) is 0 Å². The van der Waals surface area contributed by atoms with Crippen LogP contribution >= 0.6 is 11.8 Å². The Morgan fingerprint density at radius 2 is 1.93 bits per heavy atom. The van der Waals surface area contributed by atoms with Gasteiger partial charge < -0.3 is 10.7 Å². The molecule has 2 N–H and O–H groups in total. The number of thioether (sulfide) groups is 1. The van der Waals surface area contributed by atoms with E-state index in [0.29, 0.717) is 23.4 Å². The minimum Gasteiger partial charge on any atom is -0.342 e. The van der Waals surface area contributed by atoms with Gasteiger partial charge in [0, 0.05) is 19.5 Å². The number of hydrogen-bond acceptors (Lipinski definition) is 5. The van der Waals surface area contributed by atoms with E-state index in [2.05, 4.69) is 17.1 Å². The summed E-state index contributed by atoms with van der Waals surface area (Å²) in [6.45, 7) is 2.27. The van der Waals surface area contributed by atoms with Crippen molar-refractivity contribution in [2.24, 2.45) is 5.92 Å². The van der Waals surface area contributed by atoms with E-state index in [-0.39, 0.29) is 17.5 Å². The van der Waals surface area contributed by atoms with Crippen molar-refractivity contribution in [3.05, 3.63) is 41.5 Å². The molecule has 1 saturated carbocycles. The second-order valence-electron chi connectivity index (χ2n) is 7.28. The molecule has 0 unspecified atom stereocenters. The number of aromatic nitrogens is 3. The fourth-order valence-corrected chi connectivity index (χ4v) is 4.17. The second kappa shape index (κ2) is 8.73. The quantitative estimate of drug-likeness (QED) is 0.605. The lowest BCUT2D eigenvalue weighted by Gasteiger charge is -2.33. The third-order valence-electron chi connectivity index (χ3n) is 5.26. The summed E-state index contributed by atoms with van der Waals surface area (Å²) in [6, 6.07) is 6.53. The maximum absolute atomic E-state index is 13.0. The smallest absolute Gasteiger partial charge is 0.233 e. The number of hydrogen-bond donors (Lipinski definition) is 1. The number of carbonyl (C=O) groups excluding carboxylic acids is 1. The highest BCUT2D eigenvalue weighted by Gasteiger charge is 2.25. The first-order chi connectivity index (χ1) is 12.9. The van der Waals surface area contributed by atoms with E-state index in [1.807, 2.05) is 11.9 Å². The van der Waals surface area contributed by atoms with E-state index in [1.54, 1.807) is 12.1 Å². The van der Waals surface area contributed by atoms with Crippen LogP contribution in [-0.2, 0) is 11.2 Å². The fourth-order valence-electron chi connectivity index (χ4n) is 3.37. The Morgan fingerprint density at radius 3 is 2.59 bits per heavy atom. The first-order valence-electron chi connectivity index (χ1n) is 9.26. The zero-order valence-corrected chi connectivity index (χ0v) is 16.6. The number of carbonyl (C=O) groups is 1. The molecule has 1 fully saturated rings. The lowest BCUT2D eigenvalue weighted by atomic mass is 9.87. The van der Waals surface area contributed by atoms with E-state index in [4.69, 9.17) is 5.84 Å². The average Bonchev–Trinajstić information content (AvgIpc) is 3.01. The van der Waals surface area contributed by atoms with Crippen molar-refractivity contribution < 1.29 is 9.18 Å². The molecule has 0 aliphatic heterocycles. The van der Waals surface area contributed by atoms with Crippen LogP contribution in [0.25, 0.3) is 0 Å². The Kier molecular flexibility index (Phi) is 6.36. The highest BCUT2D eigenvalue weighted by atomic mass is 32.2. The molecule has 1 aromatic heterocycles. The molecule has 2 aromatic rings. The van der Waals surface area contributed by atoms with E-state index in [9.17, 15) is 9.18 Å². The van der Waals surface area contributed by atoms with E-state index in [1.165, 1.54) is 41.4 Å². The Balaban J connectivity index is 1.54. The molecule has 1 aromatic carbocycles. The molecule has 0 saturated heterocycles. The van der Waals surface area contributed by atoms with Gasteiger partial charge in [-0.15, -0.1) is 10.2 Å². The SMILES string of the molecule is CC1CCC(N(C)C(=O)CSc2nnc(Cc3ccc(F)cc3)n2N)CC1. The summed E-state index contributed by atoms with van der Waals surface area (Å²) in [5, 5.41) is 8.70. The molecule has 3 rings (SSSR count). The minimum atomic E-state index is -0.278. The molecular weight excluding hydrogens is 365 g/mol. The molecule has 1 heterocycles. The van der Waals surface area contributed by atoms with Crippen molar-refractivity contribution in [3.63, 3.8) is 0 Å². The topological polar surface area (TPSA) is 77.0 Å². The maximum atomic E-state index is 13.0. The fraction of sp³-hybridized carbons (Fsp3) is 0.526. The number of nitrogens with two attached hydrogens (primary N) is 1. The third kappa shape index (κ3) is 5.00. The van der Waals surface area contributed by atoms with Crippen LogP contribution in [-0.4, -0.2) is 44.5 Å². The third-order valence-corrected chi connectivity index (χ3v) is 6.19. The average molecular weight is 392 g/mol. The molecular formula is C19H26FN5OS. The Labute approximate surface area is 163 Å². The molecule has 0 atom stereocenters. The normalized spacial score (nSPS) is 19.8. The van der Waals surface area contributed by atoms with Crippen molar-refractivity contribution >= 4 is 17.7 Å². The highest BCUT2D eigenvalue weighted by molar-refractivity contribution is 7.99. The molecule has 1 aliphatic carbocycles. The van der Waals surface area contributed by atoms with Crippen LogP contribution in [0, 0.1) is 11.7 Å². The van der Waals surface area contributed by atoms with Crippen LogP contribution in [0.1, 0.15) is 44.0 Å². The second-order valence-corrected chi connectivity index (χ2v) is 8.22. The molecule has 0 radical (unpaired) electrons. The molecule has 0 spiro atoms. The van der Waals surface area contributed by atoms with Gasteiger partial charge in [0.05, 0.1) is 5.75 Å². The number of benzene rings is 1. The van der Waals surface area contributed by atoms with Crippen LogP contribution < -0.4 is 5.84 Å².